The SMILES string of the molecule is CCOc1ccccc1NC(=O)CS(=O)(=O)CC(=O)c1ccc2c(c1)N(CC)C(=O)CO2. The second-order valence-corrected chi connectivity index (χ2v) is 9.11. The molecule has 0 aliphatic carbocycles. The van der Waals surface area contributed by atoms with Gasteiger partial charge in [0, 0.05) is 12.1 Å². The molecule has 0 saturated heterocycles. The van der Waals surface area contributed by atoms with E-state index in [1.165, 1.54) is 23.1 Å². The Morgan fingerprint density at radius 2 is 1.88 bits per heavy atom. The van der Waals surface area contributed by atoms with Crippen LogP contribution in [0.5, 0.6) is 11.5 Å². The van der Waals surface area contributed by atoms with Crippen molar-refractivity contribution in [2.24, 2.45) is 0 Å². The first-order chi connectivity index (χ1) is 15.2. The number of para-hydroxylation sites is 2. The van der Waals surface area contributed by atoms with E-state index in [2.05, 4.69) is 5.32 Å². The predicted molar refractivity (Wildman–Crippen MR) is 119 cm³/mol. The van der Waals surface area contributed by atoms with Crippen LogP contribution in [0.4, 0.5) is 11.4 Å². The third-order valence-corrected chi connectivity index (χ3v) is 6.11. The Morgan fingerprint density at radius 1 is 1.12 bits per heavy atom. The number of amides is 2. The number of carbonyl (C=O) groups is 3. The summed E-state index contributed by atoms with van der Waals surface area (Å²) in [6, 6.07) is 11.1. The largest absolute Gasteiger partial charge is 0.492 e. The molecule has 0 radical (unpaired) electrons. The van der Waals surface area contributed by atoms with Crippen molar-refractivity contribution in [1.29, 1.82) is 0 Å². The van der Waals surface area contributed by atoms with Crippen LogP contribution in [-0.2, 0) is 19.4 Å². The van der Waals surface area contributed by atoms with Crippen LogP contribution in [0.3, 0.4) is 0 Å². The van der Waals surface area contributed by atoms with E-state index < -0.39 is 33.0 Å². The van der Waals surface area contributed by atoms with Crippen LogP contribution in [0.15, 0.2) is 42.5 Å². The molecule has 0 fully saturated rings. The van der Waals surface area contributed by atoms with Crippen molar-refractivity contribution in [2.45, 2.75) is 13.8 Å². The number of sulfone groups is 1. The summed E-state index contributed by atoms with van der Waals surface area (Å²) in [5.41, 5.74) is 0.878. The number of benzene rings is 2. The quantitative estimate of drug-likeness (QED) is 0.569. The van der Waals surface area contributed by atoms with E-state index in [1.54, 1.807) is 38.1 Å². The number of likely N-dealkylation sites (N-methyl/N-ethyl adjacent to an activating group) is 1. The Balaban J connectivity index is 1.69. The molecule has 32 heavy (non-hydrogen) atoms. The van der Waals surface area contributed by atoms with Crippen molar-refractivity contribution in [3.05, 3.63) is 48.0 Å². The lowest BCUT2D eigenvalue weighted by Gasteiger charge is -2.28. The van der Waals surface area contributed by atoms with Crippen molar-refractivity contribution >= 4 is 38.8 Å². The zero-order chi connectivity index (χ0) is 23.3. The van der Waals surface area contributed by atoms with Gasteiger partial charge in [0.25, 0.3) is 5.91 Å². The molecule has 170 valence electrons. The Morgan fingerprint density at radius 3 is 2.59 bits per heavy atom. The summed E-state index contributed by atoms with van der Waals surface area (Å²) in [4.78, 5) is 38.4. The van der Waals surface area contributed by atoms with E-state index >= 15 is 0 Å². The molecule has 1 heterocycles. The molecule has 0 unspecified atom stereocenters. The highest BCUT2D eigenvalue weighted by molar-refractivity contribution is 7.92. The fourth-order valence-corrected chi connectivity index (χ4v) is 4.43. The lowest BCUT2D eigenvalue weighted by atomic mass is 10.1. The molecular formula is C22H24N2O7S. The first-order valence-corrected chi connectivity index (χ1v) is 11.9. The molecule has 2 amide bonds. The first kappa shape index (κ1) is 23.3. The lowest BCUT2D eigenvalue weighted by Crippen LogP contribution is -2.38. The van der Waals surface area contributed by atoms with Gasteiger partial charge in [-0.2, -0.15) is 0 Å². The van der Waals surface area contributed by atoms with E-state index in [1.807, 2.05) is 0 Å². The van der Waals surface area contributed by atoms with Gasteiger partial charge in [-0.1, -0.05) is 12.1 Å². The number of hydrogen-bond acceptors (Lipinski definition) is 7. The van der Waals surface area contributed by atoms with E-state index in [0.717, 1.165) is 0 Å². The van der Waals surface area contributed by atoms with Crippen molar-refractivity contribution < 1.29 is 32.3 Å². The maximum atomic E-state index is 12.6. The number of fused-ring (bicyclic) bond motifs is 1. The zero-order valence-corrected chi connectivity index (χ0v) is 18.6. The van der Waals surface area contributed by atoms with Crippen LogP contribution in [-0.4, -0.2) is 57.3 Å². The molecule has 0 aromatic heterocycles. The molecular weight excluding hydrogens is 436 g/mol. The smallest absolute Gasteiger partial charge is 0.265 e. The summed E-state index contributed by atoms with van der Waals surface area (Å²) in [6.45, 7) is 4.25. The average Bonchev–Trinajstić information content (AvgIpc) is 2.74. The summed E-state index contributed by atoms with van der Waals surface area (Å²) < 4.78 is 35.7. The van der Waals surface area contributed by atoms with Gasteiger partial charge in [0.1, 0.15) is 23.0 Å². The summed E-state index contributed by atoms with van der Waals surface area (Å²) in [7, 11) is -4.04. The lowest BCUT2D eigenvalue weighted by molar-refractivity contribution is -0.121. The van der Waals surface area contributed by atoms with Gasteiger partial charge in [-0.3, -0.25) is 14.4 Å². The number of carbonyl (C=O) groups excluding carboxylic acids is 3. The Hall–Kier alpha value is -3.40. The topological polar surface area (TPSA) is 119 Å². The minimum atomic E-state index is -4.04. The van der Waals surface area contributed by atoms with Crippen molar-refractivity contribution in [1.82, 2.24) is 0 Å². The number of rotatable bonds is 9. The second kappa shape index (κ2) is 9.82. The van der Waals surface area contributed by atoms with Crippen molar-refractivity contribution in [3.63, 3.8) is 0 Å². The number of nitrogens with one attached hydrogen (secondary N) is 1. The number of ketones is 1. The summed E-state index contributed by atoms with van der Waals surface area (Å²) in [5, 5.41) is 2.51. The average molecular weight is 461 g/mol. The molecule has 2 aromatic carbocycles. The zero-order valence-electron chi connectivity index (χ0n) is 17.8. The van der Waals surface area contributed by atoms with Crippen LogP contribution >= 0.6 is 0 Å². The van der Waals surface area contributed by atoms with E-state index in [0.29, 0.717) is 36.0 Å². The molecule has 0 saturated carbocycles. The molecule has 0 bridgehead atoms. The number of ether oxygens (including phenoxy) is 2. The molecule has 0 spiro atoms. The summed E-state index contributed by atoms with van der Waals surface area (Å²) in [5.74, 6) is -2.53. The maximum Gasteiger partial charge on any atom is 0.265 e. The Bertz CT molecular complexity index is 1140. The van der Waals surface area contributed by atoms with E-state index in [9.17, 15) is 22.8 Å². The van der Waals surface area contributed by atoms with Crippen LogP contribution in [0.1, 0.15) is 24.2 Å². The Kier molecular flexibility index (Phi) is 7.14. The molecule has 0 atom stereocenters. The molecule has 1 N–H and O–H groups in total. The van der Waals surface area contributed by atoms with Gasteiger partial charge in [0.15, 0.2) is 22.2 Å². The predicted octanol–water partition coefficient (Wildman–Crippen LogP) is 2.07. The number of nitrogens with zero attached hydrogens (tertiary/aromatic N) is 1. The molecule has 9 nitrogen and oxygen atoms in total. The van der Waals surface area contributed by atoms with E-state index in [4.69, 9.17) is 9.47 Å². The molecule has 2 aromatic rings. The highest BCUT2D eigenvalue weighted by Gasteiger charge is 2.27. The number of Topliss-reactive ketones (excluding diaryl/α,β-unsaturated/α-hetero) is 1. The Labute approximate surface area is 186 Å². The highest BCUT2D eigenvalue weighted by atomic mass is 32.2. The highest BCUT2D eigenvalue weighted by Crippen LogP contribution is 2.33. The minimum Gasteiger partial charge on any atom is -0.492 e. The standard InChI is InChI=1S/C22H24N2O7S/c1-3-24-17-11-15(9-10-20(17)31-12-22(24)27)18(25)13-32(28,29)14-21(26)23-16-7-5-6-8-19(16)30-4-2/h5-11H,3-4,12-14H2,1-2H3,(H,23,26). The van der Waals surface area contributed by atoms with Gasteiger partial charge in [0.2, 0.25) is 5.91 Å². The van der Waals surface area contributed by atoms with Crippen LogP contribution in [0.2, 0.25) is 0 Å². The van der Waals surface area contributed by atoms with Gasteiger partial charge >= 0.3 is 0 Å². The minimum absolute atomic E-state index is 0.0932. The van der Waals surface area contributed by atoms with Gasteiger partial charge in [0.05, 0.1) is 18.0 Å². The van der Waals surface area contributed by atoms with Crippen LogP contribution < -0.4 is 19.7 Å². The third-order valence-electron chi connectivity index (χ3n) is 4.70. The van der Waals surface area contributed by atoms with Gasteiger partial charge in [-0.25, -0.2) is 8.42 Å². The fourth-order valence-electron chi connectivity index (χ4n) is 3.29. The van der Waals surface area contributed by atoms with Gasteiger partial charge in [-0.15, -0.1) is 0 Å². The second-order valence-electron chi connectivity index (χ2n) is 7.04. The molecule has 3 rings (SSSR count). The first-order valence-electron chi connectivity index (χ1n) is 10.1. The fraction of sp³-hybridized carbons (Fsp3) is 0.318. The molecule has 1 aliphatic rings. The third kappa shape index (κ3) is 5.44. The number of hydrogen-bond donors (Lipinski definition) is 1. The summed E-state index contributed by atoms with van der Waals surface area (Å²) in [6.07, 6.45) is 0. The molecule has 10 heteroatoms. The van der Waals surface area contributed by atoms with Gasteiger partial charge < -0.3 is 19.7 Å². The normalized spacial score (nSPS) is 13.2. The summed E-state index contributed by atoms with van der Waals surface area (Å²) >= 11 is 0. The maximum absolute atomic E-state index is 12.6. The monoisotopic (exact) mass is 460 g/mol. The van der Waals surface area contributed by atoms with Gasteiger partial charge in [-0.05, 0) is 44.2 Å². The van der Waals surface area contributed by atoms with Crippen LogP contribution in [0.25, 0.3) is 0 Å². The number of anilines is 2. The van der Waals surface area contributed by atoms with Crippen LogP contribution in [0, 0.1) is 0 Å². The van der Waals surface area contributed by atoms with Crippen molar-refractivity contribution in [3.8, 4) is 11.5 Å². The van der Waals surface area contributed by atoms with E-state index in [-0.39, 0.29) is 18.1 Å². The molecule has 1 aliphatic heterocycles. The van der Waals surface area contributed by atoms with Crippen molar-refractivity contribution in [2.75, 3.05) is 41.5 Å².